The van der Waals surface area contributed by atoms with E-state index in [1.165, 1.54) is 19.3 Å². The van der Waals surface area contributed by atoms with Crippen LogP contribution in [0, 0.1) is 11.8 Å². The fourth-order valence-corrected chi connectivity index (χ4v) is 3.97. The number of nitrogens with one attached hydrogen (secondary N) is 1. The Morgan fingerprint density at radius 3 is 2.75 bits per heavy atom. The third-order valence-electron chi connectivity index (χ3n) is 5.80. The van der Waals surface area contributed by atoms with Gasteiger partial charge in [-0.3, -0.25) is 0 Å². The zero-order chi connectivity index (χ0) is 16.8. The van der Waals surface area contributed by atoms with E-state index in [1.54, 1.807) is 0 Å². The summed E-state index contributed by atoms with van der Waals surface area (Å²) in [6, 6.07) is 0.0903. The van der Waals surface area contributed by atoms with Gasteiger partial charge in [-0.05, 0) is 63.2 Å². The van der Waals surface area contributed by atoms with Gasteiger partial charge in [0.1, 0.15) is 0 Å². The van der Waals surface area contributed by atoms with E-state index in [9.17, 15) is 4.79 Å². The number of nitrogens with zero attached hydrogens (tertiary/aromatic N) is 1. The summed E-state index contributed by atoms with van der Waals surface area (Å²) in [6.07, 6.45) is 9.14. The molecule has 1 unspecified atom stereocenters. The highest BCUT2D eigenvalue weighted by Gasteiger charge is 2.40. The zero-order valence-electron chi connectivity index (χ0n) is 15.2. The molecule has 1 saturated carbocycles. The van der Waals surface area contributed by atoms with E-state index < -0.39 is 0 Å². The standard InChI is InChI=1S/C19H34N2O3/c1-2-9-20-18(22)21-10-7-19(8-11-21)14-16(6-13-24-19)5-12-23-15-17-3-4-17/h16-17H,2-15H2,1H3,(H,20,22). The molecule has 1 spiro atoms. The minimum Gasteiger partial charge on any atom is -0.381 e. The number of carbonyl (C=O) groups is 1. The molecule has 24 heavy (non-hydrogen) atoms. The molecule has 3 rings (SSSR count). The van der Waals surface area contributed by atoms with E-state index in [0.29, 0.717) is 0 Å². The first-order chi connectivity index (χ1) is 11.7. The number of amides is 2. The van der Waals surface area contributed by atoms with Gasteiger partial charge in [0, 0.05) is 39.5 Å². The Morgan fingerprint density at radius 2 is 2.04 bits per heavy atom. The molecule has 5 heteroatoms. The number of rotatable bonds is 7. The van der Waals surface area contributed by atoms with Crippen molar-refractivity contribution in [1.29, 1.82) is 0 Å². The van der Waals surface area contributed by atoms with Gasteiger partial charge in [-0.15, -0.1) is 0 Å². The molecule has 0 aromatic rings. The predicted octanol–water partition coefficient (Wildman–Crippen LogP) is 3.18. The van der Waals surface area contributed by atoms with Gasteiger partial charge in [0.2, 0.25) is 0 Å². The number of likely N-dealkylation sites (tertiary alicyclic amines) is 1. The SMILES string of the molecule is CCCNC(=O)N1CCC2(CC1)CC(CCOCC1CC1)CCO2. The van der Waals surface area contributed by atoms with Gasteiger partial charge in [-0.2, -0.15) is 0 Å². The molecule has 2 heterocycles. The summed E-state index contributed by atoms with van der Waals surface area (Å²) < 4.78 is 12.0. The van der Waals surface area contributed by atoms with Crippen molar-refractivity contribution in [1.82, 2.24) is 10.2 Å². The highest BCUT2D eigenvalue weighted by atomic mass is 16.5. The minimum absolute atomic E-state index is 0.0148. The first-order valence-corrected chi connectivity index (χ1v) is 9.95. The lowest BCUT2D eigenvalue weighted by molar-refractivity contribution is -0.125. The van der Waals surface area contributed by atoms with E-state index >= 15 is 0 Å². The van der Waals surface area contributed by atoms with Crippen molar-refractivity contribution < 1.29 is 14.3 Å². The average Bonchev–Trinajstić information content (AvgIpc) is 3.42. The second-order valence-electron chi connectivity index (χ2n) is 7.92. The van der Waals surface area contributed by atoms with E-state index in [0.717, 1.165) is 83.4 Å². The molecule has 2 amide bonds. The minimum atomic E-state index is 0.0148. The van der Waals surface area contributed by atoms with Crippen LogP contribution in [0.2, 0.25) is 0 Å². The summed E-state index contributed by atoms with van der Waals surface area (Å²) in [7, 11) is 0. The first-order valence-electron chi connectivity index (χ1n) is 9.95. The van der Waals surface area contributed by atoms with E-state index in [-0.39, 0.29) is 11.6 Å². The lowest BCUT2D eigenvalue weighted by Crippen LogP contribution is -2.53. The molecule has 3 fully saturated rings. The lowest BCUT2D eigenvalue weighted by atomic mass is 9.78. The average molecular weight is 338 g/mol. The molecule has 5 nitrogen and oxygen atoms in total. The smallest absolute Gasteiger partial charge is 0.317 e. The summed E-state index contributed by atoms with van der Waals surface area (Å²) >= 11 is 0. The molecular weight excluding hydrogens is 304 g/mol. The van der Waals surface area contributed by atoms with Crippen LogP contribution in [0.3, 0.4) is 0 Å². The number of piperidine rings is 1. The second kappa shape index (κ2) is 8.52. The molecule has 1 atom stereocenters. The number of carbonyl (C=O) groups excluding carboxylic acids is 1. The van der Waals surface area contributed by atoms with Crippen LogP contribution < -0.4 is 5.32 Å². The first kappa shape index (κ1) is 18.0. The lowest BCUT2D eigenvalue weighted by Gasteiger charge is -2.46. The maximum Gasteiger partial charge on any atom is 0.317 e. The predicted molar refractivity (Wildman–Crippen MR) is 94.1 cm³/mol. The quantitative estimate of drug-likeness (QED) is 0.725. The van der Waals surface area contributed by atoms with Crippen LogP contribution in [0.25, 0.3) is 0 Å². The van der Waals surface area contributed by atoms with Gasteiger partial charge in [0.15, 0.2) is 0 Å². The molecule has 1 N–H and O–H groups in total. The molecule has 138 valence electrons. The summed E-state index contributed by atoms with van der Waals surface area (Å²) in [5.41, 5.74) is 0.0148. The Kier molecular flexibility index (Phi) is 6.39. The molecule has 3 aliphatic rings. The van der Waals surface area contributed by atoms with Crippen LogP contribution in [-0.2, 0) is 9.47 Å². The fraction of sp³-hybridized carbons (Fsp3) is 0.947. The summed E-state index contributed by atoms with van der Waals surface area (Å²) in [4.78, 5) is 14.0. The fourth-order valence-electron chi connectivity index (χ4n) is 3.97. The van der Waals surface area contributed by atoms with Gasteiger partial charge >= 0.3 is 6.03 Å². The zero-order valence-corrected chi connectivity index (χ0v) is 15.2. The van der Waals surface area contributed by atoms with Gasteiger partial charge in [-0.25, -0.2) is 4.79 Å². The van der Waals surface area contributed by atoms with Crippen molar-refractivity contribution in [2.24, 2.45) is 11.8 Å². The van der Waals surface area contributed by atoms with Crippen molar-refractivity contribution in [3.05, 3.63) is 0 Å². The van der Waals surface area contributed by atoms with E-state index in [1.807, 2.05) is 4.90 Å². The van der Waals surface area contributed by atoms with Crippen molar-refractivity contribution in [2.45, 2.75) is 63.9 Å². The topological polar surface area (TPSA) is 50.8 Å². The molecule has 2 saturated heterocycles. The second-order valence-corrected chi connectivity index (χ2v) is 7.92. The van der Waals surface area contributed by atoms with Gasteiger partial charge in [0.05, 0.1) is 5.60 Å². The summed E-state index contributed by atoms with van der Waals surface area (Å²) in [5, 5.41) is 2.98. The monoisotopic (exact) mass is 338 g/mol. The molecule has 0 bridgehead atoms. The number of ether oxygens (including phenoxy) is 2. The van der Waals surface area contributed by atoms with Gasteiger partial charge < -0.3 is 19.7 Å². The summed E-state index contributed by atoms with van der Waals surface area (Å²) in [6.45, 7) is 7.23. The molecular formula is C19H34N2O3. The highest BCUT2D eigenvalue weighted by molar-refractivity contribution is 5.74. The van der Waals surface area contributed by atoms with Gasteiger partial charge in [0.25, 0.3) is 0 Å². The number of hydrogen-bond acceptors (Lipinski definition) is 3. The van der Waals surface area contributed by atoms with Crippen LogP contribution in [-0.4, -0.2) is 56.0 Å². The Morgan fingerprint density at radius 1 is 1.25 bits per heavy atom. The molecule has 1 aliphatic carbocycles. The maximum atomic E-state index is 12.1. The number of urea groups is 1. The van der Waals surface area contributed by atoms with Crippen molar-refractivity contribution in [3.63, 3.8) is 0 Å². The third kappa shape index (κ3) is 5.09. The van der Waals surface area contributed by atoms with Crippen LogP contribution in [0.15, 0.2) is 0 Å². The Balaban J connectivity index is 1.38. The molecule has 2 aliphatic heterocycles. The van der Waals surface area contributed by atoms with Crippen molar-refractivity contribution >= 4 is 6.03 Å². The molecule has 0 aromatic heterocycles. The van der Waals surface area contributed by atoms with Crippen molar-refractivity contribution in [2.75, 3.05) is 39.5 Å². The Bertz CT molecular complexity index is 403. The van der Waals surface area contributed by atoms with Crippen LogP contribution in [0.1, 0.15) is 58.3 Å². The maximum absolute atomic E-state index is 12.1. The van der Waals surface area contributed by atoms with Crippen molar-refractivity contribution in [3.8, 4) is 0 Å². The van der Waals surface area contributed by atoms with Gasteiger partial charge in [-0.1, -0.05) is 6.92 Å². The summed E-state index contributed by atoms with van der Waals surface area (Å²) in [5.74, 6) is 1.58. The Hall–Kier alpha value is -0.810. The van der Waals surface area contributed by atoms with Crippen LogP contribution in [0.4, 0.5) is 4.79 Å². The molecule has 0 radical (unpaired) electrons. The number of hydrogen-bond donors (Lipinski definition) is 1. The molecule has 0 aromatic carbocycles. The third-order valence-corrected chi connectivity index (χ3v) is 5.80. The normalized spacial score (nSPS) is 26.5. The van der Waals surface area contributed by atoms with E-state index in [4.69, 9.17) is 9.47 Å². The van der Waals surface area contributed by atoms with E-state index in [2.05, 4.69) is 12.2 Å². The van der Waals surface area contributed by atoms with Crippen LogP contribution in [0.5, 0.6) is 0 Å². The highest BCUT2D eigenvalue weighted by Crippen LogP contribution is 2.39. The van der Waals surface area contributed by atoms with Crippen LogP contribution >= 0.6 is 0 Å². The Labute approximate surface area is 146 Å². The largest absolute Gasteiger partial charge is 0.381 e.